The van der Waals surface area contributed by atoms with Gasteiger partial charge in [0.2, 0.25) is 0 Å². The minimum absolute atomic E-state index is 0.521. The van der Waals surface area contributed by atoms with Crippen molar-refractivity contribution >= 4 is 0 Å². The highest BCUT2D eigenvalue weighted by Crippen LogP contribution is 2.53. The summed E-state index contributed by atoms with van der Waals surface area (Å²) in [5, 5.41) is 3.88. The zero-order valence-corrected chi connectivity index (χ0v) is 10.7. The first-order valence-electron chi connectivity index (χ1n) is 7.73. The summed E-state index contributed by atoms with van der Waals surface area (Å²) in [5.74, 6) is 4.21. The third-order valence-corrected chi connectivity index (χ3v) is 5.83. The predicted octanol–water partition coefficient (Wildman–Crippen LogP) is 2.58. The Balaban J connectivity index is 1.37. The zero-order valence-electron chi connectivity index (χ0n) is 10.7. The Kier molecular flexibility index (Phi) is 2.69. The maximum atomic E-state index is 5.73. The fraction of sp³-hybridized carbons (Fsp3) is 1.00. The molecule has 1 N–H and O–H groups in total. The average Bonchev–Trinajstić information content (AvgIpc) is 2.80. The highest BCUT2D eigenvalue weighted by molar-refractivity contribution is 5.01. The Labute approximate surface area is 104 Å². The molecule has 5 fully saturated rings. The summed E-state index contributed by atoms with van der Waals surface area (Å²) >= 11 is 0. The van der Waals surface area contributed by atoms with Crippen molar-refractivity contribution in [2.45, 2.75) is 57.1 Å². The van der Waals surface area contributed by atoms with E-state index in [1.165, 1.54) is 38.5 Å². The normalized spacial score (nSPS) is 52.2. The molecule has 0 amide bonds. The zero-order chi connectivity index (χ0) is 11.2. The van der Waals surface area contributed by atoms with Crippen molar-refractivity contribution in [3.63, 3.8) is 0 Å². The van der Waals surface area contributed by atoms with E-state index in [0.29, 0.717) is 6.10 Å². The highest BCUT2D eigenvalue weighted by atomic mass is 16.5. The van der Waals surface area contributed by atoms with Gasteiger partial charge in [0.1, 0.15) is 0 Å². The minimum atomic E-state index is 0.521. The van der Waals surface area contributed by atoms with Crippen molar-refractivity contribution in [3.05, 3.63) is 0 Å². The molecule has 0 radical (unpaired) electrons. The summed E-state index contributed by atoms with van der Waals surface area (Å²) in [7, 11) is 0. The van der Waals surface area contributed by atoms with Gasteiger partial charge in [-0.15, -0.1) is 0 Å². The second-order valence-electron chi connectivity index (χ2n) is 7.00. The van der Waals surface area contributed by atoms with Crippen molar-refractivity contribution in [3.8, 4) is 0 Å². The SMILES string of the molecule is C1COC(CNC2C3CC4CC(C3)CC2C4)C1. The first-order chi connectivity index (χ1) is 8.38. The van der Waals surface area contributed by atoms with Gasteiger partial charge < -0.3 is 10.1 Å². The molecule has 1 heterocycles. The van der Waals surface area contributed by atoms with E-state index in [-0.39, 0.29) is 0 Å². The van der Waals surface area contributed by atoms with Gasteiger partial charge in [0.15, 0.2) is 0 Å². The van der Waals surface area contributed by atoms with Crippen LogP contribution in [0.15, 0.2) is 0 Å². The average molecular weight is 235 g/mol. The maximum Gasteiger partial charge on any atom is 0.0700 e. The summed E-state index contributed by atoms with van der Waals surface area (Å²) in [5.41, 5.74) is 0. The highest BCUT2D eigenvalue weighted by Gasteiger charge is 2.47. The number of ether oxygens (including phenoxy) is 1. The number of nitrogens with one attached hydrogen (secondary N) is 1. The second kappa shape index (κ2) is 4.24. The molecule has 2 heteroatoms. The molecule has 17 heavy (non-hydrogen) atoms. The first kappa shape index (κ1) is 10.8. The summed E-state index contributed by atoms with van der Waals surface area (Å²) in [4.78, 5) is 0. The maximum absolute atomic E-state index is 5.73. The lowest BCUT2D eigenvalue weighted by Crippen LogP contribution is -2.55. The van der Waals surface area contributed by atoms with E-state index in [0.717, 1.165) is 42.9 Å². The summed E-state index contributed by atoms with van der Waals surface area (Å²) in [6, 6.07) is 0.840. The molecule has 0 aromatic heterocycles. The molecule has 4 aliphatic carbocycles. The van der Waals surface area contributed by atoms with Crippen molar-refractivity contribution in [2.24, 2.45) is 23.7 Å². The Bertz CT molecular complexity index is 257. The molecule has 5 aliphatic rings. The first-order valence-corrected chi connectivity index (χ1v) is 7.73. The molecule has 1 aliphatic heterocycles. The molecule has 1 atom stereocenters. The van der Waals surface area contributed by atoms with Crippen LogP contribution in [0.25, 0.3) is 0 Å². The van der Waals surface area contributed by atoms with E-state index in [1.807, 2.05) is 0 Å². The summed E-state index contributed by atoms with van der Waals surface area (Å²) < 4.78 is 5.73. The lowest BCUT2D eigenvalue weighted by Gasteiger charge is -2.54. The number of hydrogen-bond acceptors (Lipinski definition) is 2. The largest absolute Gasteiger partial charge is 0.377 e. The smallest absolute Gasteiger partial charge is 0.0700 e. The van der Waals surface area contributed by atoms with E-state index in [1.54, 1.807) is 6.42 Å². The van der Waals surface area contributed by atoms with Gasteiger partial charge in [-0.1, -0.05) is 0 Å². The second-order valence-corrected chi connectivity index (χ2v) is 7.00. The van der Waals surface area contributed by atoms with Crippen LogP contribution in [0.1, 0.15) is 44.9 Å². The lowest BCUT2D eigenvalue weighted by atomic mass is 9.54. The molecule has 2 nitrogen and oxygen atoms in total. The van der Waals surface area contributed by atoms with Gasteiger partial charge in [-0.3, -0.25) is 0 Å². The predicted molar refractivity (Wildman–Crippen MR) is 67.8 cm³/mol. The third kappa shape index (κ3) is 1.94. The Morgan fingerprint density at radius 3 is 2.24 bits per heavy atom. The Morgan fingerprint density at radius 2 is 1.65 bits per heavy atom. The molecule has 4 bridgehead atoms. The van der Waals surface area contributed by atoms with Gasteiger partial charge in [-0.2, -0.15) is 0 Å². The minimum Gasteiger partial charge on any atom is -0.377 e. The summed E-state index contributed by atoms with van der Waals surface area (Å²) in [6.45, 7) is 2.11. The van der Waals surface area contributed by atoms with Gasteiger partial charge in [-0.05, 0) is 68.6 Å². The molecule has 4 saturated carbocycles. The molecule has 0 spiro atoms. The van der Waals surface area contributed by atoms with E-state index >= 15 is 0 Å². The van der Waals surface area contributed by atoms with E-state index in [2.05, 4.69) is 5.32 Å². The molecule has 96 valence electrons. The molecule has 0 aromatic rings. The van der Waals surface area contributed by atoms with Gasteiger partial charge in [0, 0.05) is 19.2 Å². The van der Waals surface area contributed by atoms with Crippen molar-refractivity contribution in [1.82, 2.24) is 5.32 Å². The van der Waals surface area contributed by atoms with Crippen LogP contribution in [0.3, 0.4) is 0 Å². The van der Waals surface area contributed by atoms with Crippen LogP contribution in [0.4, 0.5) is 0 Å². The van der Waals surface area contributed by atoms with E-state index in [9.17, 15) is 0 Å². The van der Waals surface area contributed by atoms with Crippen LogP contribution in [0.2, 0.25) is 0 Å². The molecular formula is C15H25NO. The van der Waals surface area contributed by atoms with E-state index < -0.39 is 0 Å². The fourth-order valence-corrected chi connectivity index (χ4v) is 5.33. The molecule has 1 unspecified atom stereocenters. The van der Waals surface area contributed by atoms with Crippen LogP contribution in [-0.2, 0) is 4.74 Å². The summed E-state index contributed by atoms with van der Waals surface area (Å²) in [6.07, 6.45) is 10.7. The van der Waals surface area contributed by atoms with Crippen LogP contribution in [0, 0.1) is 23.7 Å². The standard InChI is InChI=1S/C15H25NO/c1-2-14(17-3-1)9-16-15-12-5-10-4-11(7-12)8-13(15)6-10/h10-16H,1-9H2. The third-order valence-electron chi connectivity index (χ3n) is 5.83. The Hall–Kier alpha value is -0.0800. The van der Waals surface area contributed by atoms with Crippen LogP contribution in [-0.4, -0.2) is 25.3 Å². The van der Waals surface area contributed by atoms with E-state index in [4.69, 9.17) is 4.74 Å². The van der Waals surface area contributed by atoms with Gasteiger partial charge in [0.25, 0.3) is 0 Å². The van der Waals surface area contributed by atoms with Crippen molar-refractivity contribution < 1.29 is 4.74 Å². The van der Waals surface area contributed by atoms with Crippen molar-refractivity contribution in [2.75, 3.05) is 13.2 Å². The molecule has 1 saturated heterocycles. The van der Waals surface area contributed by atoms with Gasteiger partial charge in [-0.25, -0.2) is 0 Å². The molecule has 0 aromatic carbocycles. The van der Waals surface area contributed by atoms with Crippen LogP contribution < -0.4 is 5.32 Å². The quantitative estimate of drug-likeness (QED) is 0.812. The lowest BCUT2D eigenvalue weighted by molar-refractivity contribution is -0.0183. The molecule has 5 rings (SSSR count). The van der Waals surface area contributed by atoms with Crippen molar-refractivity contribution in [1.29, 1.82) is 0 Å². The van der Waals surface area contributed by atoms with Crippen LogP contribution >= 0.6 is 0 Å². The number of rotatable bonds is 3. The van der Waals surface area contributed by atoms with Crippen LogP contribution in [0.5, 0.6) is 0 Å². The van der Waals surface area contributed by atoms with Gasteiger partial charge >= 0.3 is 0 Å². The monoisotopic (exact) mass is 235 g/mol. The number of hydrogen-bond donors (Lipinski definition) is 1. The Morgan fingerprint density at radius 1 is 0.941 bits per heavy atom. The topological polar surface area (TPSA) is 21.3 Å². The van der Waals surface area contributed by atoms with Gasteiger partial charge in [0.05, 0.1) is 6.10 Å². The molecular weight excluding hydrogens is 210 g/mol. The fourth-order valence-electron chi connectivity index (χ4n) is 5.33.